The van der Waals surface area contributed by atoms with Gasteiger partial charge in [-0.15, -0.1) is 0 Å². The summed E-state index contributed by atoms with van der Waals surface area (Å²) in [5, 5.41) is 11.8. The molecule has 1 heterocycles. The quantitative estimate of drug-likeness (QED) is 0.649. The Hall–Kier alpha value is -3.50. The number of carbonyl (C=O) groups excluding carboxylic acids is 1. The number of hydrogen-bond donors (Lipinski definition) is 1. The number of hydrogen-bond acceptors (Lipinski definition) is 3. The molecule has 1 atom stereocenters. The molecule has 0 saturated carbocycles. The number of aliphatic hydroxyl groups is 1. The van der Waals surface area contributed by atoms with Crippen molar-refractivity contribution in [3.05, 3.63) is 107 Å². The van der Waals surface area contributed by atoms with E-state index in [0.29, 0.717) is 29.1 Å². The van der Waals surface area contributed by atoms with Gasteiger partial charge >= 0.3 is 0 Å². The van der Waals surface area contributed by atoms with E-state index in [0.717, 1.165) is 22.5 Å². The van der Waals surface area contributed by atoms with Crippen LogP contribution in [-0.2, 0) is 5.60 Å². The van der Waals surface area contributed by atoms with Gasteiger partial charge in [0.05, 0.1) is 11.4 Å². The lowest BCUT2D eigenvalue weighted by Gasteiger charge is -2.32. The second kappa shape index (κ2) is 6.78. The third kappa shape index (κ3) is 2.88. The molecule has 1 fully saturated rings. The summed E-state index contributed by atoms with van der Waals surface area (Å²) >= 11 is 0. The van der Waals surface area contributed by atoms with E-state index in [9.17, 15) is 9.90 Å². The predicted molar refractivity (Wildman–Crippen MR) is 119 cm³/mol. The number of benzene rings is 3. The van der Waals surface area contributed by atoms with Crippen LogP contribution in [0.2, 0.25) is 0 Å². The zero-order valence-electron chi connectivity index (χ0n) is 17.0. The first-order chi connectivity index (χ1) is 14.5. The normalized spacial score (nSPS) is 21.4. The van der Waals surface area contributed by atoms with Crippen LogP contribution in [0.1, 0.15) is 33.5 Å². The lowest BCUT2D eigenvalue weighted by Crippen LogP contribution is -2.34. The highest BCUT2D eigenvalue weighted by Gasteiger charge is 2.51. The molecule has 30 heavy (non-hydrogen) atoms. The Labute approximate surface area is 175 Å². The molecule has 0 amide bonds. The zero-order valence-corrected chi connectivity index (χ0v) is 17.0. The molecule has 3 aromatic rings. The SMILES string of the molecule is Cc1ccc(N=C2CC3(O)C(=CC(=O)c4ccccc43)N2c2ccc(C)cc2)cc1. The summed E-state index contributed by atoms with van der Waals surface area (Å²) in [5.41, 5.74) is 4.44. The lowest BCUT2D eigenvalue weighted by molar-refractivity contribution is 0.0819. The fourth-order valence-corrected chi connectivity index (χ4v) is 4.24. The van der Waals surface area contributed by atoms with Gasteiger partial charge < -0.3 is 5.11 Å². The van der Waals surface area contributed by atoms with Gasteiger partial charge in [-0.1, -0.05) is 59.7 Å². The van der Waals surface area contributed by atoms with Gasteiger partial charge in [0.25, 0.3) is 0 Å². The molecule has 1 unspecified atom stereocenters. The molecule has 0 spiro atoms. The van der Waals surface area contributed by atoms with Crippen molar-refractivity contribution in [2.75, 3.05) is 4.90 Å². The number of nitrogens with zero attached hydrogens (tertiary/aromatic N) is 2. The number of aliphatic imine (C=N–C) groups is 1. The van der Waals surface area contributed by atoms with E-state index in [-0.39, 0.29) is 5.78 Å². The van der Waals surface area contributed by atoms with Crippen molar-refractivity contribution in [1.29, 1.82) is 0 Å². The first kappa shape index (κ1) is 18.5. The van der Waals surface area contributed by atoms with Crippen LogP contribution in [-0.4, -0.2) is 16.7 Å². The van der Waals surface area contributed by atoms with Gasteiger partial charge in [-0.3, -0.25) is 9.69 Å². The Morgan fingerprint density at radius 2 is 1.53 bits per heavy atom. The summed E-state index contributed by atoms with van der Waals surface area (Å²) in [5.74, 6) is 0.611. The molecular weight excluding hydrogens is 372 g/mol. The minimum Gasteiger partial charge on any atom is -0.378 e. The van der Waals surface area contributed by atoms with Crippen molar-refractivity contribution < 1.29 is 9.90 Å². The third-order valence-electron chi connectivity index (χ3n) is 5.83. The van der Waals surface area contributed by atoms with Crippen LogP contribution in [0.4, 0.5) is 11.4 Å². The minimum atomic E-state index is -1.29. The number of allylic oxidation sites excluding steroid dienone is 1. The van der Waals surface area contributed by atoms with Gasteiger partial charge in [0.1, 0.15) is 11.4 Å². The molecule has 1 aliphatic carbocycles. The summed E-state index contributed by atoms with van der Waals surface area (Å²) in [6.45, 7) is 4.07. The standard InChI is InChI=1S/C26H22N2O2/c1-17-7-11-19(12-8-17)27-25-16-26(30)22-6-4-3-5-21(22)23(29)15-24(26)28(25)20-13-9-18(2)10-14-20/h3-15,30H,16H2,1-2H3. The summed E-state index contributed by atoms with van der Waals surface area (Å²) in [6, 6.07) is 23.3. The maximum Gasteiger partial charge on any atom is 0.188 e. The van der Waals surface area contributed by atoms with Crippen LogP contribution in [0, 0.1) is 13.8 Å². The second-order valence-corrected chi connectivity index (χ2v) is 8.01. The largest absolute Gasteiger partial charge is 0.378 e. The third-order valence-corrected chi connectivity index (χ3v) is 5.83. The van der Waals surface area contributed by atoms with Gasteiger partial charge in [0.15, 0.2) is 5.78 Å². The smallest absolute Gasteiger partial charge is 0.188 e. The van der Waals surface area contributed by atoms with Crippen molar-refractivity contribution in [3.63, 3.8) is 0 Å². The summed E-state index contributed by atoms with van der Waals surface area (Å²) in [6.07, 6.45) is 1.85. The predicted octanol–water partition coefficient (Wildman–Crippen LogP) is 5.21. The van der Waals surface area contributed by atoms with E-state index in [1.54, 1.807) is 12.1 Å². The van der Waals surface area contributed by atoms with Crippen LogP contribution in [0.25, 0.3) is 0 Å². The molecule has 4 nitrogen and oxygen atoms in total. The second-order valence-electron chi connectivity index (χ2n) is 8.01. The van der Waals surface area contributed by atoms with Gasteiger partial charge in [-0.25, -0.2) is 4.99 Å². The van der Waals surface area contributed by atoms with Crippen LogP contribution in [0.15, 0.2) is 89.6 Å². The van der Waals surface area contributed by atoms with Crippen molar-refractivity contribution in [1.82, 2.24) is 0 Å². The first-order valence-corrected chi connectivity index (χ1v) is 10.1. The molecule has 1 aliphatic heterocycles. The highest BCUT2D eigenvalue weighted by molar-refractivity contribution is 6.14. The molecule has 5 rings (SSSR count). The lowest BCUT2D eigenvalue weighted by atomic mass is 9.80. The van der Waals surface area contributed by atoms with E-state index in [1.165, 1.54) is 0 Å². The molecule has 0 radical (unpaired) electrons. The van der Waals surface area contributed by atoms with Crippen LogP contribution in [0.3, 0.4) is 0 Å². The van der Waals surface area contributed by atoms with Crippen molar-refractivity contribution in [2.45, 2.75) is 25.9 Å². The Bertz CT molecular complexity index is 1210. The number of amidine groups is 1. The van der Waals surface area contributed by atoms with Crippen LogP contribution in [0.5, 0.6) is 0 Å². The van der Waals surface area contributed by atoms with Gasteiger partial charge in [0.2, 0.25) is 0 Å². The van der Waals surface area contributed by atoms with Crippen molar-refractivity contribution in [3.8, 4) is 0 Å². The number of carbonyl (C=O) groups is 1. The number of rotatable bonds is 2. The number of ketones is 1. The summed E-state index contributed by atoms with van der Waals surface area (Å²) in [7, 11) is 0. The molecule has 4 heteroatoms. The highest BCUT2D eigenvalue weighted by Crippen LogP contribution is 2.48. The molecule has 0 bridgehead atoms. The van der Waals surface area contributed by atoms with Gasteiger partial charge in [-0.05, 0) is 38.1 Å². The fraction of sp³-hybridized carbons (Fsp3) is 0.154. The van der Waals surface area contributed by atoms with Gasteiger partial charge in [0, 0.05) is 29.3 Å². The first-order valence-electron chi connectivity index (χ1n) is 10.1. The van der Waals surface area contributed by atoms with Crippen LogP contribution >= 0.6 is 0 Å². The average molecular weight is 394 g/mol. The van der Waals surface area contributed by atoms with E-state index >= 15 is 0 Å². The van der Waals surface area contributed by atoms with Crippen LogP contribution < -0.4 is 4.90 Å². The molecule has 0 aromatic heterocycles. The van der Waals surface area contributed by atoms with E-state index < -0.39 is 5.60 Å². The number of aryl methyl sites for hydroxylation is 2. The highest BCUT2D eigenvalue weighted by atomic mass is 16.3. The molecule has 148 valence electrons. The summed E-state index contributed by atoms with van der Waals surface area (Å²) < 4.78 is 0. The number of anilines is 1. The Balaban J connectivity index is 1.71. The van der Waals surface area contributed by atoms with E-state index in [1.807, 2.05) is 85.5 Å². The molecule has 1 N–H and O–H groups in total. The number of fused-ring (bicyclic) bond motifs is 3. The molecular formula is C26H22N2O2. The molecule has 3 aromatic carbocycles. The monoisotopic (exact) mass is 394 g/mol. The maximum atomic E-state index is 12.8. The molecule has 1 saturated heterocycles. The van der Waals surface area contributed by atoms with Crippen molar-refractivity contribution >= 4 is 23.0 Å². The van der Waals surface area contributed by atoms with Gasteiger partial charge in [-0.2, -0.15) is 0 Å². The average Bonchev–Trinajstić information content (AvgIpc) is 3.03. The summed E-state index contributed by atoms with van der Waals surface area (Å²) in [4.78, 5) is 19.7. The molecule has 2 aliphatic rings. The van der Waals surface area contributed by atoms with E-state index in [2.05, 4.69) is 0 Å². The Kier molecular flexibility index (Phi) is 4.19. The fourth-order valence-electron chi connectivity index (χ4n) is 4.24. The van der Waals surface area contributed by atoms with Crippen molar-refractivity contribution in [2.24, 2.45) is 4.99 Å². The maximum absolute atomic E-state index is 12.8. The minimum absolute atomic E-state index is 0.0982. The topological polar surface area (TPSA) is 52.9 Å². The zero-order chi connectivity index (χ0) is 20.9. The Morgan fingerprint density at radius 3 is 2.23 bits per heavy atom. The van der Waals surface area contributed by atoms with E-state index in [4.69, 9.17) is 4.99 Å². The Morgan fingerprint density at radius 1 is 0.900 bits per heavy atom.